The van der Waals surface area contributed by atoms with Crippen molar-refractivity contribution in [2.24, 2.45) is 5.92 Å². The fourth-order valence-corrected chi connectivity index (χ4v) is 6.01. The van der Waals surface area contributed by atoms with Crippen molar-refractivity contribution in [3.63, 3.8) is 0 Å². The van der Waals surface area contributed by atoms with Crippen LogP contribution in [0.2, 0.25) is 0 Å². The number of ether oxygens (including phenoxy) is 1. The van der Waals surface area contributed by atoms with E-state index < -0.39 is 41.6 Å². The highest BCUT2D eigenvalue weighted by atomic mass is 19.4. The van der Waals surface area contributed by atoms with E-state index in [1.54, 1.807) is 0 Å². The molecular weight excluding hydrogens is 524 g/mol. The number of alkyl halides is 6. The van der Waals surface area contributed by atoms with E-state index >= 15 is 0 Å². The third-order valence-electron chi connectivity index (χ3n) is 8.43. The van der Waals surface area contributed by atoms with Crippen LogP contribution in [-0.2, 0) is 22.5 Å². The Morgan fingerprint density at radius 1 is 0.846 bits per heavy atom. The highest BCUT2D eigenvalue weighted by Gasteiger charge is 2.41. The van der Waals surface area contributed by atoms with E-state index in [1.165, 1.54) is 0 Å². The number of rotatable bonds is 8. The quantitative estimate of drug-likeness (QED) is 0.370. The van der Waals surface area contributed by atoms with Crippen molar-refractivity contribution in [3.8, 4) is 0 Å². The Hall–Kier alpha value is -2.14. The molecule has 4 rings (SSSR count). The van der Waals surface area contributed by atoms with Crippen LogP contribution < -0.4 is 0 Å². The maximum Gasteiger partial charge on any atom is 0.416 e. The number of piperidine rings is 1. The van der Waals surface area contributed by atoms with Crippen LogP contribution in [0.25, 0.3) is 0 Å². The van der Waals surface area contributed by atoms with Crippen molar-refractivity contribution in [2.75, 3.05) is 32.9 Å². The molecule has 2 fully saturated rings. The molecule has 1 atom stereocenters. The fraction of sp³-hybridized carbons (Fsp3) is 0.586. The lowest BCUT2D eigenvalue weighted by Gasteiger charge is -2.46. The summed E-state index contributed by atoms with van der Waals surface area (Å²) < 4.78 is 86.4. The molecule has 0 spiro atoms. The summed E-state index contributed by atoms with van der Waals surface area (Å²) in [4.78, 5) is 2.46. The molecule has 1 heterocycles. The summed E-state index contributed by atoms with van der Waals surface area (Å²) in [5.41, 5.74) is -2.71. The van der Waals surface area contributed by atoms with Gasteiger partial charge in [0.15, 0.2) is 0 Å². The molecule has 1 aliphatic heterocycles. The fourth-order valence-electron chi connectivity index (χ4n) is 6.01. The van der Waals surface area contributed by atoms with Gasteiger partial charge in [-0.2, -0.15) is 26.3 Å². The van der Waals surface area contributed by atoms with Gasteiger partial charge in [-0.05, 0) is 86.9 Å². The smallest absolute Gasteiger partial charge is 0.396 e. The summed E-state index contributed by atoms with van der Waals surface area (Å²) in [6.45, 7) is 1.35. The van der Waals surface area contributed by atoms with Crippen molar-refractivity contribution >= 4 is 0 Å². The van der Waals surface area contributed by atoms with Gasteiger partial charge in [-0.1, -0.05) is 30.3 Å². The molecule has 2 N–H and O–H groups in total. The summed E-state index contributed by atoms with van der Waals surface area (Å²) in [6.07, 6.45) is -6.20. The van der Waals surface area contributed by atoms with Crippen molar-refractivity contribution in [1.82, 2.24) is 4.90 Å². The molecule has 2 aromatic carbocycles. The lowest BCUT2D eigenvalue weighted by Crippen LogP contribution is -2.47. The number of hydrogen-bond donors (Lipinski definition) is 2. The van der Waals surface area contributed by atoms with Crippen molar-refractivity contribution in [2.45, 2.75) is 68.4 Å². The topological polar surface area (TPSA) is 52.9 Å². The molecule has 0 bridgehead atoms. The molecule has 216 valence electrons. The van der Waals surface area contributed by atoms with Gasteiger partial charge in [0.05, 0.1) is 24.3 Å². The first-order valence-electron chi connectivity index (χ1n) is 13.4. The van der Waals surface area contributed by atoms with Crippen LogP contribution in [0, 0.1) is 5.92 Å². The summed E-state index contributed by atoms with van der Waals surface area (Å²) >= 11 is 0. The number of likely N-dealkylation sites (tertiary alicyclic amines) is 1. The summed E-state index contributed by atoms with van der Waals surface area (Å²) in [5, 5.41) is 19.4. The zero-order valence-corrected chi connectivity index (χ0v) is 21.6. The highest BCUT2D eigenvalue weighted by Crippen LogP contribution is 2.43. The molecule has 1 aliphatic carbocycles. The number of aliphatic hydroxyl groups is 2. The average Bonchev–Trinajstić information content (AvgIpc) is 2.93. The first-order valence-corrected chi connectivity index (χ1v) is 13.4. The predicted molar refractivity (Wildman–Crippen MR) is 134 cm³/mol. The van der Waals surface area contributed by atoms with Gasteiger partial charge in [0.1, 0.15) is 6.10 Å². The Balaban J connectivity index is 1.54. The number of nitrogens with zero attached hydrogens (tertiary/aromatic N) is 1. The summed E-state index contributed by atoms with van der Waals surface area (Å²) in [5.74, 6) is 0.339. The maximum atomic E-state index is 13.4. The second-order valence-electron chi connectivity index (χ2n) is 10.9. The minimum atomic E-state index is -4.98. The molecule has 2 aromatic rings. The normalized spacial score (nSPS) is 24.6. The Bertz CT molecular complexity index is 1030. The van der Waals surface area contributed by atoms with E-state index in [2.05, 4.69) is 4.90 Å². The number of halogens is 6. The van der Waals surface area contributed by atoms with Gasteiger partial charge in [-0.25, -0.2) is 0 Å². The zero-order chi connectivity index (χ0) is 28.3. The van der Waals surface area contributed by atoms with E-state index in [1.807, 2.05) is 30.3 Å². The molecule has 10 heteroatoms. The largest absolute Gasteiger partial charge is 0.416 e. The standard InChI is InChI=1S/C29H35F6NO3/c30-28(31,32)23-14-21(15-24(16-23)29(33,34)35)26(18-38)39-19-27(22-4-2-1-3-5-22)10-6-25(7-11-27)36-12-8-20(17-37)9-13-36/h1-5,14-16,20,25-26,37-38H,6-13,17-19H2. The second-order valence-corrected chi connectivity index (χ2v) is 10.9. The van der Waals surface area contributed by atoms with Crippen LogP contribution in [0.1, 0.15) is 66.9 Å². The predicted octanol–water partition coefficient (Wildman–Crippen LogP) is 6.36. The third-order valence-corrected chi connectivity index (χ3v) is 8.43. The molecule has 39 heavy (non-hydrogen) atoms. The molecule has 4 nitrogen and oxygen atoms in total. The van der Waals surface area contributed by atoms with E-state index in [-0.39, 0.29) is 24.8 Å². The Morgan fingerprint density at radius 2 is 1.41 bits per heavy atom. The SMILES string of the molecule is OCC1CCN(C2CCC(COC(CO)c3cc(C(F)(F)F)cc(C(F)(F)F)c3)(c3ccccc3)CC2)CC1. The zero-order valence-electron chi connectivity index (χ0n) is 21.6. The van der Waals surface area contributed by atoms with Crippen molar-refractivity contribution in [3.05, 3.63) is 70.8 Å². The van der Waals surface area contributed by atoms with E-state index in [9.17, 15) is 36.6 Å². The van der Waals surface area contributed by atoms with E-state index in [0.717, 1.165) is 57.2 Å². The van der Waals surface area contributed by atoms with E-state index in [0.29, 0.717) is 24.1 Å². The molecule has 0 amide bonds. The monoisotopic (exact) mass is 559 g/mol. The summed E-state index contributed by atoms with van der Waals surface area (Å²) in [6, 6.07) is 11.3. The first-order chi connectivity index (χ1) is 18.4. The van der Waals surface area contributed by atoms with Gasteiger partial charge in [0.2, 0.25) is 0 Å². The Labute approximate surface area is 224 Å². The van der Waals surface area contributed by atoms with Gasteiger partial charge in [-0.3, -0.25) is 0 Å². The lowest BCUT2D eigenvalue weighted by molar-refractivity contribution is -0.143. The Kier molecular flexibility index (Phi) is 9.30. The first kappa shape index (κ1) is 29.8. The van der Waals surface area contributed by atoms with Crippen molar-refractivity contribution in [1.29, 1.82) is 0 Å². The maximum absolute atomic E-state index is 13.4. The highest BCUT2D eigenvalue weighted by molar-refractivity contribution is 5.35. The third kappa shape index (κ3) is 7.14. The van der Waals surface area contributed by atoms with Crippen LogP contribution in [0.5, 0.6) is 0 Å². The van der Waals surface area contributed by atoms with Gasteiger partial charge in [0, 0.05) is 18.1 Å². The van der Waals surface area contributed by atoms with Gasteiger partial charge in [0.25, 0.3) is 0 Å². The van der Waals surface area contributed by atoms with Gasteiger partial charge >= 0.3 is 12.4 Å². The lowest BCUT2D eigenvalue weighted by atomic mass is 9.68. The second kappa shape index (κ2) is 12.2. The average molecular weight is 560 g/mol. The van der Waals surface area contributed by atoms with Gasteiger partial charge < -0.3 is 19.8 Å². The molecule has 0 aromatic heterocycles. The van der Waals surface area contributed by atoms with Crippen LogP contribution in [-0.4, -0.2) is 54.1 Å². The minimum absolute atomic E-state index is 0.0547. The van der Waals surface area contributed by atoms with E-state index in [4.69, 9.17) is 4.74 Å². The van der Waals surface area contributed by atoms with Crippen molar-refractivity contribution < 1.29 is 41.3 Å². The summed E-state index contributed by atoms with van der Waals surface area (Å²) in [7, 11) is 0. The molecular formula is C29H35F6NO3. The molecule has 2 aliphatic rings. The number of benzene rings is 2. The van der Waals surface area contributed by atoms with Gasteiger partial charge in [-0.15, -0.1) is 0 Å². The number of hydrogen-bond acceptors (Lipinski definition) is 4. The molecule has 1 unspecified atom stereocenters. The molecule has 0 radical (unpaired) electrons. The molecule has 1 saturated heterocycles. The van der Waals surface area contributed by atoms with Crippen LogP contribution in [0.3, 0.4) is 0 Å². The number of aliphatic hydroxyl groups excluding tert-OH is 2. The van der Waals surface area contributed by atoms with Crippen LogP contribution in [0.4, 0.5) is 26.3 Å². The van der Waals surface area contributed by atoms with Crippen LogP contribution >= 0.6 is 0 Å². The molecule has 1 saturated carbocycles. The Morgan fingerprint density at radius 3 is 1.90 bits per heavy atom. The van der Waals surface area contributed by atoms with Crippen LogP contribution in [0.15, 0.2) is 48.5 Å². The minimum Gasteiger partial charge on any atom is -0.396 e.